The molecule has 2 heterocycles. The fourth-order valence-electron chi connectivity index (χ4n) is 2.61. The summed E-state index contributed by atoms with van der Waals surface area (Å²) in [5.74, 6) is 1.79. The summed E-state index contributed by atoms with van der Waals surface area (Å²) in [6.45, 7) is 3.86. The predicted molar refractivity (Wildman–Crippen MR) is 101 cm³/mol. The zero-order valence-electron chi connectivity index (χ0n) is 16.8. The molecule has 8 heteroatoms. The van der Waals surface area contributed by atoms with Crippen LogP contribution in [-0.2, 0) is 16.6 Å². The van der Waals surface area contributed by atoms with Crippen molar-refractivity contribution in [2.75, 3.05) is 14.2 Å². The number of nitrogens with one attached hydrogen (secondary N) is 1. The third kappa shape index (κ3) is 3.96. The monoisotopic (exact) mass is 371 g/mol. The molecule has 0 aliphatic rings. The molecule has 2 aromatic heterocycles. The van der Waals surface area contributed by atoms with E-state index in [1.807, 2.05) is 32.0 Å². The molecule has 1 N–H and O–H groups in total. The second-order valence-corrected chi connectivity index (χ2v) is 6.83. The smallest absolute Gasteiger partial charge is 1.00 e. The standard InChI is InChI=1S/C17H19N3O3S.Mg.2H/c1-10-8-18-15(11(2)16(10)23-4)9-24(21)17-19-13-6-5-12(22-3)7-14(13)20-17;;;/h5-8H,9H2,1-4H3,(H,19,20);;;/q;+2;2*-1/t24-;;;/m1.../s1. The van der Waals surface area contributed by atoms with Crippen LogP contribution in [0.15, 0.2) is 29.6 Å². The molecule has 0 saturated carbocycles. The number of methoxy groups -OCH3 is 2. The van der Waals surface area contributed by atoms with Gasteiger partial charge in [0.15, 0.2) is 5.16 Å². The van der Waals surface area contributed by atoms with Crippen LogP contribution in [0, 0.1) is 13.8 Å². The van der Waals surface area contributed by atoms with Gasteiger partial charge in [-0.3, -0.25) is 9.19 Å². The van der Waals surface area contributed by atoms with Gasteiger partial charge in [-0.15, -0.1) is 0 Å². The van der Waals surface area contributed by atoms with Crippen molar-refractivity contribution in [2.24, 2.45) is 0 Å². The van der Waals surface area contributed by atoms with Gasteiger partial charge in [-0.05, 0) is 26.0 Å². The average Bonchev–Trinajstić information content (AvgIpc) is 3.01. The van der Waals surface area contributed by atoms with E-state index >= 15 is 0 Å². The van der Waals surface area contributed by atoms with Gasteiger partial charge in [0, 0.05) is 23.4 Å². The molecule has 0 unspecified atom stereocenters. The first kappa shape index (κ1) is 19.7. The van der Waals surface area contributed by atoms with Gasteiger partial charge in [0.2, 0.25) is 0 Å². The van der Waals surface area contributed by atoms with Crippen LogP contribution in [0.1, 0.15) is 19.7 Å². The first-order chi connectivity index (χ1) is 11.5. The Balaban J connectivity index is 0.00000225. The quantitative estimate of drug-likeness (QED) is 0.698. The summed E-state index contributed by atoms with van der Waals surface area (Å²) < 4.78 is 23.3. The van der Waals surface area contributed by atoms with E-state index in [1.165, 1.54) is 0 Å². The van der Waals surface area contributed by atoms with Gasteiger partial charge >= 0.3 is 23.1 Å². The Hall–Kier alpha value is -1.64. The minimum Gasteiger partial charge on any atom is -1.00 e. The number of aromatic nitrogens is 3. The molecule has 3 rings (SSSR count). The SMILES string of the molecule is COc1ccc2nc([S@](=O)Cc3ncc(C)c(OC)c3C)[nH]c2c1.[H-].[H-].[Mg+2]. The molecule has 0 aliphatic heterocycles. The van der Waals surface area contributed by atoms with E-state index in [1.54, 1.807) is 20.4 Å². The molecule has 0 spiro atoms. The number of nitrogens with zero attached hydrogens (tertiary/aromatic N) is 2. The number of aryl methyl sites for hydroxylation is 1. The number of aromatic amines is 1. The third-order valence-electron chi connectivity index (χ3n) is 3.90. The largest absolute Gasteiger partial charge is 2.00 e. The molecule has 6 nitrogen and oxygen atoms in total. The molecule has 0 saturated heterocycles. The summed E-state index contributed by atoms with van der Waals surface area (Å²) in [5, 5.41) is 0.430. The van der Waals surface area contributed by atoms with Gasteiger partial charge in [-0.1, -0.05) is 0 Å². The Kier molecular flexibility index (Phi) is 6.42. The summed E-state index contributed by atoms with van der Waals surface area (Å²) in [5.41, 5.74) is 4.16. The fourth-order valence-corrected chi connectivity index (χ4v) is 3.71. The minimum atomic E-state index is -1.33. The number of hydrogen-bond acceptors (Lipinski definition) is 5. The van der Waals surface area contributed by atoms with E-state index in [2.05, 4.69) is 15.0 Å². The zero-order valence-corrected chi connectivity index (χ0v) is 17.0. The van der Waals surface area contributed by atoms with Gasteiger partial charge in [0.25, 0.3) is 0 Å². The molecule has 0 bridgehead atoms. The van der Waals surface area contributed by atoms with E-state index in [-0.39, 0.29) is 31.7 Å². The number of imidazole rings is 1. The summed E-state index contributed by atoms with van der Waals surface area (Å²) in [7, 11) is 1.91. The van der Waals surface area contributed by atoms with Crippen LogP contribution in [0.25, 0.3) is 11.0 Å². The Bertz CT molecular complexity index is 937. The molecule has 0 aliphatic carbocycles. The van der Waals surface area contributed by atoms with E-state index in [9.17, 15) is 4.21 Å². The van der Waals surface area contributed by atoms with Gasteiger partial charge < -0.3 is 17.3 Å². The normalized spacial score (nSPS) is 11.8. The number of rotatable bonds is 5. The number of H-pyrrole nitrogens is 1. The molecule has 1 atom stereocenters. The molecule has 3 aromatic rings. The molecule has 0 radical (unpaired) electrons. The van der Waals surface area contributed by atoms with Crippen LogP contribution < -0.4 is 9.47 Å². The first-order valence-electron chi connectivity index (χ1n) is 7.44. The zero-order chi connectivity index (χ0) is 17.3. The van der Waals surface area contributed by atoms with Gasteiger partial charge in [0.05, 0.1) is 47.5 Å². The van der Waals surface area contributed by atoms with Gasteiger partial charge in [-0.2, -0.15) is 0 Å². The molecule has 0 amide bonds. The van der Waals surface area contributed by atoms with Crippen LogP contribution in [0.3, 0.4) is 0 Å². The van der Waals surface area contributed by atoms with Crippen LogP contribution >= 0.6 is 0 Å². The Morgan fingerprint density at radius 3 is 2.68 bits per heavy atom. The molecular formula is C17H21MgN3O3S. The van der Waals surface area contributed by atoms with E-state index in [0.717, 1.165) is 39.4 Å². The van der Waals surface area contributed by atoms with Crippen LogP contribution in [0.4, 0.5) is 0 Å². The summed E-state index contributed by atoms with van der Waals surface area (Å²) in [4.78, 5) is 11.9. The van der Waals surface area contributed by atoms with Gasteiger partial charge in [0.1, 0.15) is 11.5 Å². The molecule has 130 valence electrons. The second-order valence-electron chi connectivity index (χ2n) is 5.46. The van der Waals surface area contributed by atoms with Crippen molar-refractivity contribution in [1.29, 1.82) is 0 Å². The average molecular weight is 372 g/mol. The summed E-state index contributed by atoms with van der Waals surface area (Å²) in [6, 6.07) is 5.50. The van der Waals surface area contributed by atoms with Gasteiger partial charge in [-0.25, -0.2) is 4.98 Å². The number of fused-ring (bicyclic) bond motifs is 1. The predicted octanol–water partition coefficient (Wildman–Crippen LogP) is 2.74. The maximum absolute atomic E-state index is 12.7. The minimum absolute atomic E-state index is 0. The van der Waals surface area contributed by atoms with Crippen LogP contribution in [0.2, 0.25) is 0 Å². The number of benzene rings is 1. The Morgan fingerprint density at radius 1 is 1.24 bits per heavy atom. The molecule has 1 aromatic carbocycles. The van der Waals surface area contributed by atoms with Crippen molar-refractivity contribution >= 4 is 44.9 Å². The number of pyridine rings is 1. The van der Waals surface area contributed by atoms with E-state index in [0.29, 0.717) is 5.16 Å². The Morgan fingerprint density at radius 2 is 2.00 bits per heavy atom. The number of ether oxygens (including phenoxy) is 2. The van der Waals surface area contributed by atoms with Crippen molar-refractivity contribution in [3.05, 3.63) is 41.2 Å². The first-order valence-corrected chi connectivity index (χ1v) is 8.76. The van der Waals surface area contributed by atoms with Crippen molar-refractivity contribution in [2.45, 2.75) is 24.8 Å². The van der Waals surface area contributed by atoms with Crippen LogP contribution in [0.5, 0.6) is 11.5 Å². The van der Waals surface area contributed by atoms with Crippen molar-refractivity contribution in [1.82, 2.24) is 15.0 Å². The van der Waals surface area contributed by atoms with E-state index < -0.39 is 10.8 Å². The third-order valence-corrected chi connectivity index (χ3v) is 5.06. The van der Waals surface area contributed by atoms with Crippen molar-refractivity contribution in [3.8, 4) is 11.5 Å². The topological polar surface area (TPSA) is 77.1 Å². The maximum atomic E-state index is 12.7. The van der Waals surface area contributed by atoms with Crippen LogP contribution in [-0.4, -0.2) is 56.4 Å². The Labute approximate surface area is 167 Å². The fraction of sp³-hybridized carbons (Fsp3) is 0.294. The molecule has 25 heavy (non-hydrogen) atoms. The van der Waals surface area contributed by atoms with E-state index in [4.69, 9.17) is 9.47 Å². The maximum Gasteiger partial charge on any atom is 2.00 e. The van der Waals surface area contributed by atoms with Crippen molar-refractivity contribution < 1.29 is 16.5 Å². The molecule has 0 fully saturated rings. The number of hydrogen-bond donors (Lipinski definition) is 1. The molecular weight excluding hydrogens is 351 g/mol. The summed E-state index contributed by atoms with van der Waals surface area (Å²) >= 11 is 0. The summed E-state index contributed by atoms with van der Waals surface area (Å²) in [6.07, 6.45) is 1.74. The second kappa shape index (κ2) is 8.16. The van der Waals surface area contributed by atoms with Crippen molar-refractivity contribution in [3.63, 3.8) is 0 Å².